The van der Waals surface area contributed by atoms with Gasteiger partial charge in [0.25, 0.3) is 5.69 Å². The Balaban J connectivity index is 2.08. The molecule has 8 heteroatoms. The van der Waals surface area contributed by atoms with Gasteiger partial charge in [0.05, 0.1) is 22.6 Å². The van der Waals surface area contributed by atoms with Gasteiger partial charge in [-0.2, -0.15) is 0 Å². The number of nitro benzene ring substituents is 1. The number of halogens is 3. The molecule has 1 unspecified atom stereocenters. The molecule has 1 aliphatic rings. The standard InChI is InChI=1S/C20H17Cl3N2O3/c1-10-7-17(25(27)28)20-18(19(10)23)12-8-11(26)5-6-16(12)24(20)9-13-14(21)3-2-4-15(13)22/h2-4,7,11,26H,5-6,8-9H2,1H3. The molecule has 5 nitrogen and oxygen atoms in total. The van der Waals surface area contributed by atoms with Crippen LogP contribution in [0.2, 0.25) is 15.1 Å². The Morgan fingerprint density at radius 1 is 1.29 bits per heavy atom. The van der Waals surface area contributed by atoms with Crippen LogP contribution in [0.15, 0.2) is 24.3 Å². The van der Waals surface area contributed by atoms with Crippen molar-refractivity contribution in [2.75, 3.05) is 0 Å². The summed E-state index contributed by atoms with van der Waals surface area (Å²) >= 11 is 19.3. The first-order valence-corrected chi connectivity index (χ1v) is 10.0. The summed E-state index contributed by atoms with van der Waals surface area (Å²) in [6, 6.07) is 6.75. The van der Waals surface area contributed by atoms with Crippen LogP contribution in [0.5, 0.6) is 0 Å². The first-order valence-electron chi connectivity index (χ1n) is 8.88. The Morgan fingerprint density at radius 3 is 2.61 bits per heavy atom. The van der Waals surface area contributed by atoms with Gasteiger partial charge in [-0.3, -0.25) is 10.1 Å². The van der Waals surface area contributed by atoms with E-state index < -0.39 is 11.0 Å². The van der Waals surface area contributed by atoms with E-state index in [1.54, 1.807) is 25.1 Å². The van der Waals surface area contributed by atoms with Crippen molar-refractivity contribution in [1.82, 2.24) is 4.57 Å². The van der Waals surface area contributed by atoms with Crippen LogP contribution in [0.25, 0.3) is 10.9 Å². The van der Waals surface area contributed by atoms with E-state index in [1.165, 1.54) is 6.07 Å². The van der Waals surface area contributed by atoms with Crippen molar-refractivity contribution >= 4 is 51.4 Å². The van der Waals surface area contributed by atoms with Crippen molar-refractivity contribution in [3.05, 3.63) is 71.8 Å². The zero-order valence-corrected chi connectivity index (χ0v) is 17.3. The van der Waals surface area contributed by atoms with Crippen LogP contribution in [0.1, 0.15) is 28.8 Å². The first kappa shape index (κ1) is 19.5. The second-order valence-corrected chi connectivity index (χ2v) is 8.31. The van der Waals surface area contributed by atoms with Crippen molar-refractivity contribution in [1.29, 1.82) is 0 Å². The highest BCUT2D eigenvalue weighted by atomic mass is 35.5. The quantitative estimate of drug-likeness (QED) is 0.419. The molecule has 28 heavy (non-hydrogen) atoms. The van der Waals surface area contributed by atoms with E-state index in [4.69, 9.17) is 34.8 Å². The maximum absolute atomic E-state index is 11.8. The Kier molecular flexibility index (Phi) is 5.04. The van der Waals surface area contributed by atoms with Crippen molar-refractivity contribution in [3.8, 4) is 0 Å². The van der Waals surface area contributed by atoms with Gasteiger partial charge in [-0.25, -0.2) is 0 Å². The third-order valence-corrected chi connectivity index (χ3v) is 6.57. The molecule has 0 radical (unpaired) electrons. The number of rotatable bonds is 3. The number of aromatic nitrogens is 1. The number of hydrogen-bond acceptors (Lipinski definition) is 3. The Morgan fingerprint density at radius 2 is 1.96 bits per heavy atom. The Labute approximate surface area is 176 Å². The smallest absolute Gasteiger partial charge is 0.293 e. The largest absolute Gasteiger partial charge is 0.393 e. The number of hydrogen-bond donors (Lipinski definition) is 1. The molecule has 0 fully saturated rings. The molecule has 0 spiro atoms. The van der Waals surface area contributed by atoms with E-state index in [2.05, 4.69) is 0 Å². The summed E-state index contributed by atoms with van der Waals surface area (Å²) in [5.74, 6) is 0. The van der Waals surface area contributed by atoms with Gasteiger partial charge in [0.2, 0.25) is 0 Å². The van der Waals surface area contributed by atoms with Crippen LogP contribution in [-0.2, 0) is 19.4 Å². The molecule has 0 bridgehead atoms. The first-order chi connectivity index (χ1) is 13.3. The minimum atomic E-state index is -0.494. The summed E-state index contributed by atoms with van der Waals surface area (Å²) in [5.41, 5.74) is 3.58. The zero-order valence-electron chi connectivity index (χ0n) is 15.0. The molecule has 0 saturated carbocycles. The van der Waals surface area contributed by atoms with E-state index in [0.717, 1.165) is 11.3 Å². The highest BCUT2D eigenvalue weighted by molar-refractivity contribution is 6.37. The number of nitrogens with zero attached hydrogens (tertiary/aromatic N) is 2. The van der Waals surface area contributed by atoms with Gasteiger partial charge in [0.1, 0.15) is 5.52 Å². The fourth-order valence-electron chi connectivity index (χ4n) is 4.06. The molecule has 3 aromatic rings. The lowest BCUT2D eigenvalue weighted by Crippen LogP contribution is -2.20. The monoisotopic (exact) mass is 438 g/mol. The fourth-order valence-corrected chi connectivity index (χ4v) is 4.83. The molecular formula is C20H17Cl3N2O3. The van der Waals surface area contributed by atoms with Crippen LogP contribution in [0.4, 0.5) is 5.69 Å². The zero-order chi connectivity index (χ0) is 20.2. The average Bonchev–Trinajstić information content (AvgIpc) is 2.94. The van der Waals surface area contributed by atoms with Crippen molar-refractivity contribution in [2.24, 2.45) is 0 Å². The molecule has 4 rings (SSSR count). The van der Waals surface area contributed by atoms with Crippen LogP contribution in [0.3, 0.4) is 0 Å². The highest BCUT2D eigenvalue weighted by Gasteiger charge is 2.31. The predicted octanol–water partition coefficient (Wildman–Crippen LogP) is 5.72. The predicted molar refractivity (Wildman–Crippen MR) is 112 cm³/mol. The number of aryl methyl sites for hydroxylation is 1. The Hall–Kier alpha value is -1.79. The number of benzene rings is 2. The third-order valence-electron chi connectivity index (χ3n) is 5.37. The molecular weight excluding hydrogens is 423 g/mol. The van der Waals surface area contributed by atoms with Crippen molar-refractivity contribution in [3.63, 3.8) is 0 Å². The summed E-state index contributed by atoms with van der Waals surface area (Å²) in [6.45, 7) is 2.04. The van der Waals surface area contributed by atoms with Gasteiger partial charge < -0.3 is 9.67 Å². The maximum atomic E-state index is 11.8. The number of aliphatic hydroxyl groups excluding tert-OH is 1. The van der Waals surface area contributed by atoms with E-state index in [1.807, 2.05) is 4.57 Å². The number of aliphatic hydroxyl groups is 1. The molecule has 1 atom stereocenters. The summed E-state index contributed by atoms with van der Waals surface area (Å²) in [6.07, 6.45) is 1.10. The van der Waals surface area contributed by atoms with Crippen LogP contribution < -0.4 is 0 Å². The molecule has 146 valence electrons. The average molecular weight is 440 g/mol. The molecule has 1 aliphatic carbocycles. The topological polar surface area (TPSA) is 68.3 Å². The second-order valence-electron chi connectivity index (χ2n) is 7.12. The summed E-state index contributed by atoms with van der Waals surface area (Å²) < 4.78 is 1.90. The van der Waals surface area contributed by atoms with E-state index in [9.17, 15) is 15.2 Å². The third kappa shape index (κ3) is 3.07. The van der Waals surface area contributed by atoms with Crippen molar-refractivity contribution in [2.45, 2.75) is 38.8 Å². The summed E-state index contributed by atoms with van der Waals surface area (Å²) in [7, 11) is 0. The second kappa shape index (κ2) is 7.23. The van der Waals surface area contributed by atoms with Gasteiger partial charge in [-0.05, 0) is 43.0 Å². The van der Waals surface area contributed by atoms with Gasteiger partial charge >= 0.3 is 0 Å². The lowest BCUT2D eigenvalue weighted by atomic mass is 9.92. The molecule has 1 heterocycles. The molecule has 0 amide bonds. The molecule has 0 saturated heterocycles. The van der Waals surface area contributed by atoms with Crippen LogP contribution in [-0.4, -0.2) is 20.7 Å². The molecule has 2 aromatic carbocycles. The molecule has 1 aromatic heterocycles. The number of nitro groups is 1. The van der Waals surface area contributed by atoms with Crippen LogP contribution >= 0.6 is 34.8 Å². The Bertz CT molecular complexity index is 1100. The number of non-ortho nitro benzene ring substituents is 1. The van der Waals surface area contributed by atoms with Gasteiger partial charge in [0.15, 0.2) is 0 Å². The van der Waals surface area contributed by atoms with Gasteiger partial charge in [-0.1, -0.05) is 40.9 Å². The van der Waals surface area contributed by atoms with E-state index in [0.29, 0.717) is 62.9 Å². The summed E-state index contributed by atoms with van der Waals surface area (Å²) in [5, 5.41) is 24.2. The van der Waals surface area contributed by atoms with E-state index in [-0.39, 0.29) is 5.69 Å². The lowest BCUT2D eigenvalue weighted by molar-refractivity contribution is -0.383. The fraction of sp³-hybridized carbons (Fsp3) is 0.300. The minimum Gasteiger partial charge on any atom is -0.393 e. The summed E-state index contributed by atoms with van der Waals surface area (Å²) in [4.78, 5) is 11.5. The maximum Gasteiger partial charge on any atom is 0.293 e. The minimum absolute atomic E-state index is 0.0102. The van der Waals surface area contributed by atoms with Crippen LogP contribution in [0, 0.1) is 17.0 Å². The van der Waals surface area contributed by atoms with Gasteiger partial charge in [-0.15, -0.1) is 0 Å². The van der Waals surface area contributed by atoms with Crippen molar-refractivity contribution < 1.29 is 10.0 Å². The molecule has 1 N–H and O–H groups in total. The number of fused-ring (bicyclic) bond motifs is 3. The SMILES string of the molecule is Cc1cc([N+](=O)[O-])c2c(c1Cl)c1c(n2Cc2c(Cl)cccc2Cl)CCC(O)C1. The van der Waals surface area contributed by atoms with E-state index >= 15 is 0 Å². The lowest BCUT2D eigenvalue weighted by Gasteiger charge is -2.20. The van der Waals surface area contributed by atoms with Gasteiger partial charge in [0, 0.05) is 39.2 Å². The molecule has 0 aliphatic heterocycles. The normalized spacial score (nSPS) is 16.4. The highest BCUT2D eigenvalue weighted by Crippen LogP contribution is 2.43.